The maximum atomic E-state index is 5.62. The number of aromatic nitrogens is 2. The van der Waals surface area contributed by atoms with Gasteiger partial charge in [0, 0.05) is 23.9 Å². The zero-order valence-corrected chi connectivity index (χ0v) is 10.9. The molecule has 0 saturated heterocycles. The SMILES string of the molecule is COc1cc(OC)cc(-c2nnc(CCCl)o2)c1. The van der Waals surface area contributed by atoms with Crippen molar-refractivity contribution in [3.05, 3.63) is 24.1 Å². The van der Waals surface area contributed by atoms with Gasteiger partial charge in [-0.05, 0) is 12.1 Å². The van der Waals surface area contributed by atoms with Gasteiger partial charge in [-0.1, -0.05) is 0 Å². The summed E-state index contributed by atoms with van der Waals surface area (Å²) in [5.74, 6) is 2.72. The van der Waals surface area contributed by atoms with Gasteiger partial charge in [0.25, 0.3) is 0 Å². The molecule has 0 N–H and O–H groups in total. The Morgan fingerprint density at radius 2 is 1.78 bits per heavy atom. The first-order valence-corrected chi connectivity index (χ1v) is 5.92. The predicted molar refractivity (Wildman–Crippen MR) is 67.3 cm³/mol. The number of alkyl halides is 1. The summed E-state index contributed by atoms with van der Waals surface area (Å²) in [6, 6.07) is 5.39. The minimum absolute atomic E-state index is 0.423. The van der Waals surface area contributed by atoms with Crippen molar-refractivity contribution >= 4 is 11.6 Å². The molecule has 0 aliphatic rings. The van der Waals surface area contributed by atoms with Crippen LogP contribution in [0.3, 0.4) is 0 Å². The van der Waals surface area contributed by atoms with Crippen molar-refractivity contribution in [1.29, 1.82) is 0 Å². The highest BCUT2D eigenvalue weighted by molar-refractivity contribution is 6.17. The second-order valence-corrected chi connectivity index (χ2v) is 3.92. The lowest BCUT2D eigenvalue weighted by Crippen LogP contribution is -1.88. The van der Waals surface area contributed by atoms with Crippen LogP contribution in [0.15, 0.2) is 22.6 Å². The molecule has 18 heavy (non-hydrogen) atoms. The minimum atomic E-state index is 0.423. The summed E-state index contributed by atoms with van der Waals surface area (Å²) < 4.78 is 15.9. The van der Waals surface area contributed by atoms with E-state index in [4.69, 9.17) is 25.5 Å². The molecule has 0 atom stereocenters. The largest absolute Gasteiger partial charge is 0.497 e. The van der Waals surface area contributed by atoms with Crippen LogP contribution in [-0.4, -0.2) is 30.3 Å². The molecule has 0 saturated carbocycles. The van der Waals surface area contributed by atoms with Crippen molar-refractivity contribution in [3.63, 3.8) is 0 Å². The van der Waals surface area contributed by atoms with Crippen LogP contribution in [0.1, 0.15) is 5.89 Å². The van der Waals surface area contributed by atoms with Crippen LogP contribution in [0.25, 0.3) is 11.5 Å². The van der Waals surface area contributed by atoms with Gasteiger partial charge in [0.1, 0.15) is 11.5 Å². The maximum Gasteiger partial charge on any atom is 0.248 e. The molecule has 2 rings (SSSR count). The molecule has 6 heteroatoms. The molecule has 5 nitrogen and oxygen atoms in total. The summed E-state index contributed by atoms with van der Waals surface area (Å²) in [5, 5.41) is 7.88. The number of hydrogen-bond acceptors (Lipinski definition) is 5. The summed E-state index contributed by atoms with van der Waals surface area (Å²) in [6.07, 6.45) is 0.551. The van der Waals surface area contributed by atoms with Crippen molar-refractivity contribution in [2.45, 2.75) is 6.42 Å². The summed E-state index contributed by atoms with van der Waals surface area (Å²) in [5.41, 5.74) is 0.750. The molecule has 1 heterocycles. The quantitative estimate of drug-likeness (QED) is 0.780. The molecule has 0 amide bonds. The number of hydrogen-bond donors (Lipinski definition) is 0. The van der Waals surface area contributed by atoms with Crippen LogP contribution in [0.4, 0.5) is 0 Å². The Morgan fingerprint density at radius 3 is 2.33 bits per heavy atom. The third kappa shape index (κ3) is 2.73. The van der Waals surface area contributed by atoms with E-state index in [1.807, 2.05) is 0 Å². The van der Waals surface area contributed by atoms with Gasteiger partial charge in [0.2, 0.25) is 11.8 Å². The van der Waals surface area contributed by atoms with Crippen molar-refractivity contribution < 1.29 is 13.9 Å². The van der Waals surface area contributed by atoms with Crippen molar-refractivity contribution in [2.75, 3.05) is 20.1 Å². The van der Waals surface area contributed by atoms with E-state index in [0.717, 1.165) is 5.56 Å². The molecule has 2 aromatic rings. The Bertz CT molecular complexity index is 506. The highest BCUT2D eigenvalue weighted by atomic mass is 35.5. The van der Waals surface area contributed by atoms with E-state index in [9.17, 15) is 0 Å². The molecule has 0 radical (unpaired) electrons. The van der Waals surface area contributed by atoms with Crippen LogP contribution >= 0.6 is 11.6 Å². The second-order valence-electron chi connectivity index (χ2n) is 3.54. The summed E-state index contributed by atoms with van der Waals surface area (Å²) in [7, 11) is 3.18. The fourth-order valence-electron chi connectivity index (χ4n) is 1.48. The molecule has 0 spiro atoms. The zero-order chi connectivity index (χ0) is 13.0. The van der Waals surface area contributed by atoms with Crippen molar-refractivity contribution in [3.8, 4) is 23.0 Å². The van der Waals surface area contributed by atoms with Crippen LogP contribution in [0.2, 0.25) is 0 Å². The van der Waals surface area contributed by atoms with E-state index >= 15 is 0 Å². The van der Waals surface area contributed by atoms with Crippen LogP contribution < -0.4 is 9.47 Å². The fraction of sp³-hybridized carbons (Fsp3) is 0.333. The zero-order valence-electron chi connectivity index (χ0n) is 10.1. The van der Waals surface area contributed by atoms with Gasteiger partial charge >= 0.3 is 0 Å². The monoisotopic (exact) mass is 268 g/mol. The number of halogens is 1. The lowest BCUT2D eigenvalue weighted by Gasteiger charge is -2.05. The standard InChI is InChI=1S/C12H13ClN2O3/c1-16-9-5-8(6-10(7-9)17-2)12-15-14-11(18-12)3-4-13/h5-7H,3-4H2,1-2H3. The predicted octanol–water partition coefficient (Wildman–Crippen LogP) is 2.54. The van der Waals surface area contributed by atoms with E-state index in [-0.39, 0.29) is 0 Å². The molecule has 0 aliphatic carbocycles. The molecule has 0 bridgehead atoms. The molecular weight excluding hydrogens is 256 g/mol. The van der Waals surface area contributed by atoms with Crippen molar-refractivity contribution in [1.82, 2.24) is 10.2 Å². The second kappa shape index (κ2) is 5.73. The average Bonchev–Trinajstić information content (AvgIpc) is 2.87. The first-order valence-electron chi connectivity index (χ1n) is 5.38. The molecule has 0 unspecified atom stereocenters. The number of ether oxygens (including phenoxy) is 2. The van der Waals surface area contributed by atoms with E-state index in [0.29, 0.717) is 35.6 Å². The van der Waals surface area contributed by atoms with E-state index in [1.54, 1.807) is 32.4 Å². The van der Waals surface area contributed by atoms with E-state index in [2.05, 4.69) is 10.2 Å². The van der Waals surface area contributed by atoms with E-state index in [1.165, 1.54) is 0 Å². The molecule has 0 fully saturated rings. The number of nitrogens with zero attached hydrogens (tertiary/aromatic N) is 2. The number of benzene rings is 1. The normalized spacial score (nSPS) is 10.4. The van der Waals surface area contributed by atoms with Gasteiger partial charge in [0.15, 0.2) is 0 Å². The summed E-state index contributed by atoms with van der Waals surface area (Å²) in [4.78, 5) is 0. The number of methoxy groups -OCH3 is 2. The topological polar surface area (TPSA) is 57.4 Å². The summed E-state index contributed by atoms with van der Waals surface area (Å²) >= 11 is 5.62. The maximum absolute atomic E-state index is 5.62. The highest BCUT2D eigenvalue weighted by Gasteiger charge is 2.11. The lowest BCUT2D eigenvalue weighted by atomic mass is 10.2. The Balaban J connectivity index is 2.35. The molecule has 0 aliphatic heterocycles. The third-order valence-electron chi connectivity index (χ3n) is 2.37. The van der Waals surface area contributed by atoms with Crippen LogP contribution in [0.5, 0.6) is 11.5 Å². The number of aryl methyl sites for hydroxylation is 1. The first kappa shape index (κ1) is 12.7. The first-order chi connectivity index (χ1) is 8.76. The molecular formula is C12H13ClN2O3. The minimum Gasteiger partial charge on any atom is -0.497 e. The van der Waals surface area contributed by atoms with Gasteiger partial charge in [-0.15, -0.1) is 21.8 Å². The van der Waals surface area contributed by atoms with Gasteiger partial charge in [0.05, 0.1) is 14.2 Å². The Labute approximate surface area is 110 Å². The molecule has 1 aromatic carbocycles. The number of rotatable bonds is 5. The van der Waals surface area contributed by atoms with Crippen LogP contribution in [0, 0.1) is 0 Å². The highest BCUT2D eigenvalue weighted by Crippen LogP contribution is 2.28. The van der Waals surface area contributed by atoms with Gasteiger partial charge in [-0.2, -0.15) is 0 Å². The van der Waals surface area contributed by atoms with Crippen LogP contribution in [-0.2, 0) is 6.42 Å². The summed E-state index contributed by atoms with van der Waals surface area (Å²) in [6.45, 7) is 0. The van der Waals surface area contributed by atoms with Crippen molar-refractivity contribution in [2.24, 2.45) is 0 Å². The fourth-order valence-corrected chi connectivity index (χ4v) is 1.64. The third-order valence-corrected chi connectivity index (χ3v) is 2.56. The van der Waals surface area contributed by atoms with E-state index < -0.39 is 0 Å². The van der Waals surface area contributed by atoms with Gasteiger partial charge < -0.3 is 13.9 Å². The molecule has 1 aromatic heterocycles. The Morgan fingerprint density at radius 1 is 1.11 bits per heavy atom. The Hall–Kier alpha value is -1.75. The average molecular weight is 269 g/mol. The van der Waals surface area contributed by atoms with Gasteiger partial charge in [-0.3, -0.25) is 0 Å². The van der Waals surface area contributed by atoms with Gasteiger partial charge in [-0.25, -0.2) is 0 Å². The smallest absolute Gasteiger partial charge is 0.248 e. The Kier molecular flexibility index (Phi) is 4.04. The molecule has 96 valence electrons. The lowest BCUT2D eigenvalue weighted by molar-refractivity contribution is 0.394.